The Labute approximate surface area is 126 Å². The summed E-state index contributed by atoms with van der Waals surface area (Å²) in [6.07, 6.45) is 3.22. The molecule has 0 spiro atoms. The van der Waals surface area contributed by atoms with Gasteiger partial charge in [0.05, 0.1) is 12.7 Å². The lowest BCUT2D eigenvalue weighted by molar-refractivity contribution is -0.156. The van der Waals surface area contributed by atoms with Gasteiger partial charge in [-0.2, -0.15) is 0 Å². The van der Waals surface area contributed by atoms with Gasteiger partial charge in [-0.15, -0.1) is 0 Å². The number of ether oxygens (including phenoxy) is 2. The van der Waals surface area contributed by atoms with Crippen molar-refractivity contribution < 1.29 is 19.1 Å². The van der Waals surface area contributed by atoms with Crippen molar-refractivity contribution >= 4 is 11.8 Å². The van der Waals surface area contributed by atoms with Gasteiger partial charge in [-0.25, -0.2) is 0 Å². The lowest BCUT2D eigenvalue weighted by atomic mass is 9.80. The molecule has 1 atom stereocenters. The van der Waals surface area contributed by atoms with E-state index < -0.39 is 5.54 Å². The van der Waals surface area contributed by atoms with Crippen LogP contribution in [0.1, 0.15) is 32.6 Å². The molecule has 1 heterocycles. The van der Waals surface area contributed by atoms with Crippen LogP contribution in [0.2, 0.25) is 0 Å². The molecule has 6 heteroatoms. The average Bonchev–Trinajstić information content (AvgIpc) is 2.86. The Bertz CT molecular complexity index is 395. The normalized spacial score (nSPS) is 31.9. The van der Waals surface area contributed by atoms with Gasteiger partial charge in [-0.05, 0) is 32.6 Å². The number of rotatable bonds is 6. The molecule has 2 rings (SSSR count). The third-order valence-corrected chi connectivity index (χ3v) is 4.63. The van der Waals surface area contributed by atoms with Crippen LogP contribution in [0.3, 0.4) is 0 Å². The highest BCUT2D eigenvalue weighted by atomic mass is 16.5. The van der Waals surface area contributed by atoms with Gasteiger partial charge in [0.1, 0.15) is 5.54 Å². The molecule has 1 aliphatic carbocycles. The maximum atomic E-state index is 12.7. The van der Waals surface area contributed by atoms with Gasteiger partial charge < -0.3 is 19.7 Å². The third kappa shape index (κ3) is 2.92. The predicted octanol–water partition coefficient (Wildman–Crippen LogP) is 0.555. The van der Waals surface area contributed by atoms with E-state index in [0.29, 0.717) is 19.6 Å². The van der Waals surface area contributed by atoms with Gasteiger partial charge in [0.15, 0.2) is 0 Å². The Hall–Kier alpha value is -1.14. The topological polar surface area (TPSA) is 67.9 Å². The second-order valence-electron chi connectivity index (χ2n) is 5.88. The van der Waals surface area contributed by atoms with Crippen molar-refractivity contribution in [3.8, 4) is 0 Å². The minimum absolute atomic E-state index is 0.0134. The predicted molar refractivity (Wildman–Crippen MR) is 77.8 cm³/mol. The highest BCUT2D eigenvalue weighted by Gasteiger charge is 2.52. The van der Waals surface area contributed by atoms with Crippen LogP contribution >= 0.6 is 0 Å². The molecule has 120 valence electrons. The second-order valence-corrected chi connectivity index (χ2v) is 5.88. The fourth-order valence-corrected chi connectivity index (χ4v) is 3.48. The minimum Gasteiger partial charge on any atom is -0.382 e. The van der Waals surface area contributed by atoms with Gasteiger partial charge in [0, 0.05) is 33.2 Å². The first-order valence-corrected chi connectivity index (χ1v) is 7.73. The molecule has 1 saturated carbocycles. The highest BCUT2D eigenvalue weighted by molar-refractivity contribution is 5.93. The Morgan fingerprint density at radius 3 is 2.67 bits per heavy atom. The quantitative estimate of drug-likeness (QED) is 0.778. The molecule has 2 aliphatic rings. The largest absolute Gasteiger partial charge is 0.382 e. The maximum Gasteiger partial charge on any atom is 0.248 e. The average molecular weight is 298 g/mol. The van der Waals surface area contributed by atoms with E-state index in [4.69, 9.17) is 9.47 Å². The molecule has 1 aliphatic heterocycles. The molecule has 1 saturated heterocycles. The molecule has 0 radical (unpaired) electrons. The molecule has 0 aromatic heterocycles. The SMILES string of the molecule is CCOC1CC(C(=O)N2CCCC2(COC)C(=O)NC)C1. The summed E-state index contributed by atoms with van der Waals surface area (Å²) in [7, 11) is 3.18. The zero-order valence-corrected chi connectivity index (χ0v) is 13.2. The number of amides is 2. The van der Waals surface area contributed by atoms with Crippen molar-refractivity contribution in [2.45, 2.75) is 44.2 Å². The third-order valence-electron chi connectivity index (χ3n) is 4.63. The molecular weight excluding hydrogens is 272 g/mol. The summed E-state index contributed by atoms with van der Waals surface area (Å²) in [5, 5.41) is 2.68. The van der Waals surface area contributed by atoms with E-state index in [1.807, 2.05) is 6.92 Å². The van der Waals surface area contributed by atoms with Crippen molar-refractivity contribution in [2.24, 2.45) is 5.92 Å². The number of likely N-dealkylation sites (N-methyl/N-ethyl adjacent to an activating group) is 1. The lowest BCUT2D eigenvalue weighted by Gasteiger charge is -2.42. The molecule has 1 N–H and O–H groups in total. The maximum absolute atomic E-state index is 12.7. The van der Waals surface area contributed by atoms with Gasteiger partial charge in [-0.3, -0.25) is 9.59 Å². The molecule has 0 aromatic rings. The van der Waals surface area contributed by atoms with E-state index in [1.54, 1.807) is 19.1 Å². The number of carbonyl (C=O) groups is 2. The number of nitrogens with zero attached hydrogens (tertiary/aromatic N) is 1. The van der Waals surface area contributed by atoms with E-state index in [9.17, 15) is 9.59 Å². The summed E-state index contributed by atoms with van der Waals surface area (Å²) in [6.45, 7) is 3.53. The molecule has 2 fully saturated rings. The molecule has 0 aromatic carbocycles. The summed E-state index contributed by atoms with van der Waals surface area (Å²) < 4.78 is 10.8. The second kappa shape index (κ2) is 6.75. The fourth-order valence-electron chi connectivity index (χ4n) is 3.48. The van der Waals surface area contributed by atoms with Crippen LogP contribution < -0.4 is 5.32 Å². The van der Waals surface area contributed by atoms with Crippen LogP contribution in [0.25, 0.3) is 0 Å². The van der Waals surface area contributed by atoms with Crippen molar-refractivity contribution in [3.05, 3.63) is 0 Å². The van der Waals surface area contributed by atoms with Crippen LogP contribution in [0, 0.1) is 5.92 Å². The van der Waals surface area contributed by atoms with E-state index in [2.05, 4.69) is 5.32 Å². The molecule has 21 heavy (non-hydrogen) atoms. The summed E-state index contributed by atoms with van der Waals surface area (Å²) in [4.78, 5) is 26.8. The van der Waals surface area contributed by atoms with E-state index >= 15 is 0 Å². The smallest absolute Gasteiger partial charge is 0.248 e. The molecular formula is C15H26N2O4. The van der Waals surface area contributed by atoms with Crippen LogP contribution in [0.15, 0.2) is 0 Å². The molecule has 2 amide bonds. The number of nitrogens with one attached hydrogen (secondary N) is 1. The summed E-state index contributed by atoms with van der Waals surface area (Å²) in [6, 6.07) is 0. The van der Waals surface area contributed by atoms with Crippen LogP contribution in [0.4, 0.5) is 0 Å². The first-order valence-electron chi connectivity index (χ1n) is 7.73. The molecule has 0 bridgehead atoms. The summed E-state index contributed by atoms with van der Waals surface area (Å²) >= 11 is 0. The Morgan fingerprint density at radius 2 is 2.10 bits per heavy atom. The molecule has 1 unspecified atom stereocenters. The van der Waals surface area contributed by atoms with E-state index in [0.717, 1.165) is 19.3 Å². The Morgan fingerprint density at radius 1 is 1.38 bits per heavy atom. The van der Waals surface area contributed by atoms with Gasteiger partial charge in [0.25, 0.3) is 0 Å². The van der Waals surface area contributed by atoms with E-state index in [1.165, 1.54) is 0 Å². The fraction of sp³-hybridized carbons (Fsp3) is 0.867. The highest BCUT2D eigenvalue weighted by Crippen LogP contribution is 2.37. The monoisotopic (exact) mass is 298 g/mol. The van der Waals surface area contributed by atoms with Crippen LogP contribution in [-0.4, -0.2) is 62.3 Å². The van der Waals surface area contributed by atoms with Crippen molar-refractivity contribution in [1.29, 1.82) is 0 Å². The van der Waals surface area contributed by atoms with Gasteiger partial charge >= 0.3 is 0 Å². The van der Waals surface area contributed by atoms with Gasteiger partial charge in [0.2, 0.25) is 11.8 Å². The summed E-state index contributed by atoms with van der Waals surface area (Å²) in [5.41, 5.74) is -0.836. The Balaban J connectivity index is 2.06. The first kappa shape index (κ1) is 16.2. The van der Waals surface area contributed by atoms with Crippen LogP contribution in [0.5, 0.6) is 0 Å². The van der Waals surface area contributed by atoms with Crippen molar-refractivity contribution in [1.82, 2.24) is 10.2 Å². The standard InChI is InChI=1S/C15H26N2O4/c1-4-21-12-8-11(9-12)13(18)17-7-5-6-15(17,10-20-3)14(19)16-2/h11-12H,4-10H2,1-3H3,(H,16,19). The Kier molecular flexibility index (Phi) is 5.22. The van der Waals surface area contributed by atoms with Crippen LogP contribution in [-0.2, 0) is 19.1 Å². The molecule has 6 nitrogen and oxygen atoms in total. The zero-order valence-electron chi connectivity index (χ0n) is 13.2. The first-order chi connectivity index (χ1) is 10.1. The number of hydrogen-bond donors (Lipinski definition) is 1. The number of likely N-dealkylation sites (tertiary alicyclic amines) is 1. The van der Waals surface area contributed by atoms with Crippen molar-refractivity contribution in [3.63, 3.8) is 0 Å². The van der Waals surface area contributed by atoms with Crippen molar-refractivity contribution in [2.75, 3.05) is 33.9 Å². The number of methoxy groups -OCH3 is 1. The van der Waals surface area contributed by atoms with Gasteiger partial charge in [-0.1, -0.05) is 0 Å². The number of carbonyl (C=O) groups excluding carboxylic acids is 2. The lowest BCUT2D eigenvalue weighted by Crippen LogP contribution is -2.61. The zero-order chi connectivity index (χ0) is 15.5. The number of hydrogen-bond acceptors (Lipinski definition) is 4. The summed E-state index contributed by atoms with van der Waals surface area (Å²) in [5.74, 6) is -0.0690. The minimum atomic E-state index is -0.836. The van der Waals surface area contributed by atoms with E-state index in [-0.39, 0.29) is 30.4 Å².